The number of nitrogens with zero attached hydrogens (tertiary/aromatic N) is 4. The second-order valence-electron chi connectivity index (χ2n) is 5.12. The van der Waals surface area contributed by atoms with Crippen LogP contribution in [-0.2, 0) is 6.42 Å². The lowest BCUT2D eigenvalue weighted by Crippen LogP contribution is -2.45. The van der Waals surface area contributed by atoms with Gasteiger partial charge in [-0.1, -0.05) is 6.07 Å². The summed E-state index contributed by atoms with van der Waals surface area (Å²) in [5, 5.41) is 3.07. The first-order valence-corrected chi connectivity index (χ1v) is 6.70. The van der Waals surface area contributed by atoms with Crippen LogP contribution in [0, 0.1) is 0 Å². The number of pyridine rings is 1. The Kier molecular flexibility index (Phi) is 3.35. The van der Waals surface area contributed by atoms with Gasteiger partial charge in [0.15, 0.2) is 5.65 Å². The van der Waals surface area contributed by atoms with Gasteiger partial charge in [0.2, 0.25) is 0 Å². The summed E-state index contributed by atoms with van der Waals surface area (Å²) in [6.07, 6.45) is 0.852. The normalized spacial score (nSPS) is 18.2. The smallest absolute Gasteiger partial charge is 0.271 e. The summed E-state index contributed by atoms with van der Waals surface area (Å²) in [6.45, 7) is 5.45. The monoisotopic (exact) mass is 261 g/mol. The zero-order chi connectivity index (χ0) is 13.2. The van der Waals surface area contributed by atoms with E-state index >= 15 is 0 Å². The summed E-state index contributed by atoms with van der Waals surface area (Å²) < 4.78 is 1.50. The van der Waals surface area contributed by atoms with E-state index in [1.807, 2.05) is 6.07 Å². The van der Waals surface area contributed by atoms with E-state index < -0.39 is 0 Å². The number of H-pyrrole nitrogens is 1. The highest BCUT2D eigenvalue weighted by Gasteiger charge is 2.14. The first kappa shape index (κ1) is 12.4. The highest BCUT2D eigenvalue weighted by molar-refractivity contribution is 5.36. The van der Waals surface area contributed by atoms with E-state index in [0.717, 1.165) is 45.0 Å². The van der Waals surface area contributed by atoms with Crippen molar-refractivity contribution in [2.24, 2.45) is 0 Å². The van der Waals surface area contributed by atoms with Crippen molar-refractivity contribution in [1.29, 1.82) is 0 Å². The molecule has 0 bridgehead atoms. The first-order valence-electron chi connectivity index (χ1n) is 6.70. The molecular weight excluding hydrogens is 242 g/mol. The summed E-state index contributed by atoms with van der Waals surface area (Å²) in [4.78, 5) is 20.8. The lowest BCUT2D eigenvalue weighted by Gasteiger charge is -2.32. The minimum atomic E-state index is -0.0594. The average molecular weight is 261 g/mol. The van der Waals surface area contributed by atoms with E-state index in [1.54, 1.807) is 6.07 Å². The molecule has 1 N–H and O–H groups in total. The molecule has 0 amide bonds. The summed E-state index contributed by atoms with van der Waals surface area (Å²) in [7, 11) is 2.16. The molecule has 0 aliphatic carbocycles. The van der Waals surface area contributed by atoms with E-state index in [0.29, 0.717) is 5.65 Å². The van der Waals surface area contributed by atoms with Crippen LogP contribution in [0.15, 0.2) is 23.0 Å². The summed E-state index contributed by atoms with van der Waals surface area (Å²) in [5.74, 6) is 0.877. The molecule has 2 aromatic heterocycles. The molecule has 0 spiro atoms. The Hall–Kier alpha value is -1.66. The van der Waals surface area contributed by atoms with Crippen LogP contribution in [0.4, 0.5) is 0 Å². The van der Waals surface area contributed by atoms with Gasteiger partial charge in [-0.25, -0.2) is 9.50 Å². The minimum absolute atomic E-state index is 0.0594. The number of aromatic nitrogens is 3. The molecule has 0 saturated carbocycles. The number of hydrogen-bond donors (Lipinski definition) is 1. The Morgan fingerprint density at radius 3 is 2.79 bits per heavy atom. The summed E-state index contributed by atoms with van der Waals surface area (Å²) in [5.41, 5.74) is 0.636. The van der Waals surface area contributed by atoms with Crippen LogP contribution in [0.3, 0.4) is 0 Å². The number of fused-ring (bicyclic) bond motifs is 1. The Balaban J connectivity index is 1.65. The predicted molar refractivity (Wildman–Crippen MR) is 73.5 cm³/mol. The van der Waals surface area contributed by atoms with Crippen LogP contribution < -0.4 is 5.56 Å². The molecule has 1 aliphatic heterocycles. The number of nitrogens with one attached hydrogen (secondary N) is 1. The van der Waals surface area contributed by atoms with Gasteiger partial charge in [-0.05, 0) is 13.1 Å². The van der Waals surface area contributed by atoms with Crippen molar-refractivity contribution in [3.63, 3.8) is 0 Å². The van der Waals surface area contributed by atoms with E-state index in [-0.39, 0.29) is 5.56 Å². The molecular formula is C13H19N5O. The highest BCUT2D eigenvalue weighted by Crippen LogP contribution is 2.03. The van der Waals surface area contributed by atoms with Crippen molar-refractivity contribution in [2.75, 3.05) is 39.8 Å². The third-order valence-corrected chi connectivity index (χ3v) is 3.68. The molecule has 1 saturated heterocycles. The van der Waals surface area contributed by atoms with Crippen molar-refractivity contribution < 1.29 is 0 Å². The summed E-state index contributed by atoms with van der Waals surface area (Å²) in [6, 6.07) is 5.12. The van der Waals surface area contributed by atoms with Gasteiger partial charge in [0.25, 0.3) is 5.56 Å². The quantitative estimate of drug-likeness (QED) is 0.832. The number of aromatic amines is 1. The maximum absolute atomic E-state index is 11.6. The van der Waals surface area contributed by atoms with Crippen molar-refractivity contribution in [3.05, 3.63) is 34.4 Å². The van der Waals surface area contributed by atoms with Crippen LogP contribution in [0.2, 0.25) is 0 Å². The van der Waals surface area contributed by atoms with Gasteiger partial charge in [-0.15, -0.1) is 0 Å². The van der Waals surface area contributed by atoms with E-state index in [4.69, 9.17) is 0 Å². The SMILES string of the molecule is CN1CCN(CCc2nc3cccc(=O)n3[nH]2)CC1. The molecule has 102 valence electrons. The number of hydrogen-bond acceptors (Lipinski definition) is 4. The minimum Gasteiger partial charge on any atom is -0.304 e. The highest BCUT2D eigenvalue weighted by atomic mass is 16.1. The lowest BCUT2D eigenvalue weighted by molar-refractivity contribution is 0.155. The Morgan fingerprint density at radius 1 is 1.26 bits per heavy atom. The van der Waals surface area contributed by atoms with Gasteiger partial charge in [0.05, 0.1) is 0 Å². The molecule has 6 nitrogen and oxygen atoms in total. The molecule has 6 heteroatoms. The number of piperazine rings is 1. The average Bonchev–Trinajstić information content (AvgIpc) is 2.83. The molecule has 3 heterocycles. The largest absolute Gasteiger partial charge is 0.304 e. The maximum Gasteiger partial charge on any atom is 0.271 e. The zero-order valence-corrected chi connectivity index (χ0v) is 11.2. The standard InChI is InChI=1S/C13H19N5O/c1-16-7-9-17(10-8-16)6-5-11-14-12-3-2-4-13(19)18(12)15-11/h2-4H,5-10H2,1H3,(H,14,15). The Morgan fingerprint density at radius 2 is 2.05 bits per heavy atom. The van der Waals surface area contributed by atoms with E-state index in [9.17, 15) is 4.79 Å². The van der Waals surface area contributed by atoms with Gasteiger partial charge in [0.1, 0.15) is 5.82 Å². The van der Waals surface area contributed by atoms with Crippen LogP contribution in [0.25, 0.3) is 5.65 Å². The number of likely N-dealkylation sites (N-methyl/N-ethyl adjacent to an activating group) is 1. The second kappa shape index (κ2) is 5.14. The van der Waals surface area contributed by atoms with Crippen molar-refractivity contribution in [1.82, 2.24) is 24.4 Å². The van der Waals surface area contributed by atoms with E-state index in [2.05, 4.69) is 26.9 Å². The van der Waals surface area contributed by atoms with Crippen LogP contribution >= 0.6 is 0 Å². The van der Waals surface area contributed by atoms with Gasteiger partial charge in [0, 0.05) is 45.2 Å². The molecule has 3 rings (SSSR count). The molecule has 1 fully saturated rings. The van der Waals surface area contributed by atoms with Crippen molar-refractivity contribution >= 4 is 5.65 Å². The molecule has 19 heavy (non-hydrogen) atoms. The fourth-order valence-electron chi connectivity index (χ4n) is 2.42. The summed E-state index contributed by atoms with van der Waals surface area (Å²) >= 11 is 0. The molecule has 0 atom stereocenters. The molecule has 0 radical (unpaired) electrons. The van der Waals surface area contributed by atoms with Gasteiger partial charge in [-0.3, -0.25) is 9.89 Å². The van der Waals surface area contributed by atoms with Crippen LogP contribution in [0.1, 0.15) is 5.82 Å². The Bertz CT molecular complexity index is 609. The predicted octanol–water partition coefficient (Wildman–Crippen LogP) is -0.187. The van der Waals surface area contributed by atoms with Crippen LogP contribution in [0.5, 0.6) is 0 Å². The fourth-order valence-corrected chi connectivity index (χ4v) is 2.42. The number of rotatable bonds is 3. The topological polar surface area (TPSA) is 56.6 Å². The fraction of sp³-hybridized carbons (Fsp3) is 0.538. The van der Waals surface area contributed by atoms with Crippen LogP contribution in [-0.4, -0.2) is 64.2 Å². The maximum atomic E-state index is 11.6. The van der Waals surface area contributed by atoms with E-state index in [1.165, 1.54) is 10.6 Å². The van der Waals surface area contributed by atoms with Gasteiger partial charge < -0.3 is 9.80 Å². The van der Waals surface area contributed by atoms with Crippen molar-refractivity contribution in [3.8, 4) is 0 Å². The molecule has 0 aromatic carbocycles. The third-order valence-electron chi connectivity index (χ3n) is 3.68. The molecule has 1 aliphatic rings. The molecule has 2 aromatic rings. The lowest BCUT2D eigenvalue weighted by atomic mass is 10.3. The third kappa shape index (κ3) is 2.69. The molecule has 0 unspecified atom stereocenters. The van der Waals surface area contributed by atoms with Crippen molar-refractivity contribution in [2.45, 2.75) is 6.42 Å². The van der Waals surface area contributed by atoms with Gasteiger partial charge >= 0.3 is 0 Å². The second-order valence-corrected chi connectivity index (χ2v) is 5.12. The van der Waals surface area contributed by atoms with Gasteiger partial charge in [-0.2, -0.15) is 0 Å². The Labute approximate surface area is 111 Å². The zero-order valence-electron chi connectivity index (χ0n) is 11.2. The first-order chi connectivity index (χ1) is 9.22.